The fourth-order valence-electron chi connectivity index (χ4n) is 1.29. The number of nitro groups is 1. The van der Waals surface area contributed by atoms with Gasteiger partial charge in [0.25, 0.3) is 5.69 Å². The maximum atomic E-state index is 13.3. The molecule has 0 aliphatic rings. The number of halogens is 1. The molecule has 0 atom stereocenters. The Bertz CT molecular complexity index is 384. The Morgan fingerprint density at radius 3 is 2.71 bits per heavy atom. The van der Waals surface area contributed by atoms with Gasteiger partial charge in [-0.05, 0) is 25.3 Å². The number of rotatable bonds is 7. The van der Waals surface area contributed by atoms with E-state index in [2.05, 4.69) is 0 Å². The van der Waals surface area contributed by atoms with E-state index in [4.69, 9.17) is 9.84 Å². The van der Waals surface area contributed by atoms with Crippen molar-refractivity contribution in [1.82, 2.24) is 0 Å². The number of hydrogen-bond donors (Lipinski definition) is 1. The summed E-state index contributed by atoms with van der Waals surface area (Å²) in [6.07, 6.45) is 2.19. The zero-order valence-corrected chi connectivity index (χ0v) is 9.26. The SMILES string of the molecule is O=[N+]([O-])c1ccc(OCCCCCO)c(F)c1. The zero-order valence-electron chi connectivity index (χ0n) is 9.26. The Kier molecular flexibility index (Phi) is 5.35. The van der Waals surface area contributed by atoms with Crippen LogP contribution in [-0.2, 0) is 0 Å². The van der Waals surface area contributed by atoms with Crippen molar-refractivity contribution in [3.63, 3.8) is 0 Å². The molecule has 0 aliphatic carbocycles. The molecule has 1 aromatic rings. The summed E-state index contributed by atoms with van der Waals surface area (Å²) in [6.45, 7) is 0.459. The Morgan fingerprint density at radius 2 is 2.12 bits per heavy atom. The van der Waals surface area contributed by atoms with Crippen LogP contribution in [0.5, 0.6) is 5.75 Å². The molecule has 1 N–H and O–H groups in total. The minimum Gasteiger partial charge on any atom is -0.491 e. The highest BCUT2D eigenvalue weighted by molar-refractivity contribution is 5.37. The first kappa shape index (κ1) is 13.4. The number of aliphatic hydroxyl groups excluding tert-OH is 1. The second-order valence-corrected chi connectivity index (χ2v) is 3.50. The monoisotopic (exact) mass is 243 g/mol. The molecule has 1 rings (SSSR count). The lowest BCUT2D eigenvalue weighted by Crippen LogP contribution is -2.00. The lowest BCUT2D eigenvalue weighted by Gasteiger charge is -2.06. The Balaban J connectivity index is 2.46. The third-order valence-corrected chi connectivity index (χ3v) is 2.19. The summed E-state index contributed by atoms with van der Waals surface area (Å²) >= 11 is 0. The number of unbranched alkanes of at least 4 members (excludes halogenated alkanes) is 2. The molecule has 0 aromatic heterocycles. The van der Waals surface area contributed by atoms with Crippen molar-refractivity contribution in [3.8, 4) is 5.75 Å². The Labute approximate surface area is 98.0 Å². The largest absolute Gasteiger partial charge is 0.491 e. The first-order chi connectivity index (χ1) is 8.15. The van der Waals surface area contributed by atoms with Crippen LogP contribution in [0.2, 0.25) is 0 Å². The normalized spacial score (nSPS) is 10.2. The number of benzene rings is 1. The molecular weight excluding hydrogens is 229 g/mol. The fraction of sp³-hybridized carbons (Fsp3) is 0.455. The van der Waals surface area contributed by atoms with Crippen LogP contribution >= 0.6 is 0 Å². The number of aliphatic hydroxyl groups is 1. The van der Waals surface area contributed by atoms with Crippen molar-refractivity contribution in [2.24, 2.45) is 0 Å². The van der Waals surface area contributed by atoms with Gasteiger partial charge in [-0.3, -0.25) is 10.1 Å². The molecule has 6 heteroatoms. The summed E-state index contributed by atoms with van der Waals surface area (Å²) in [7, 11) is 0. The minimum atomic E-state index is -0.735. The number of nitrogens with zero attached hydrogens (tertiary/aromatic N) is 1. The van der Waals surface area contributed by atoms with Crippen LogP contribution in [0.4, 0.5) is 10.1 Å². The summed E-state index contributed by atoms with van der Waals surface area (Å²) in [5.41, 5.74) is -0.296. The van der Waals surface area contributed by atoms with Gasteiger partial charge >= 0.3 is 0 Å². The van der Waals surface area contributed by atoms with Crippen molar-refractivity contribution < 1.29 is 19.2 Å². The second-order valence-electron chi connectivity index (χ2n) is 3.50. The second kappa shape index (κ2) is 6.80. The standard InChI is InChI=1S/C11H14FNO4/c12-10-8-9(13(15)16)4-5-11(10)17-7-3-1-2-6-14/h4-5,8,14H,1-3,6-7H2. The summed E-state index contributed by atoms with van der Waals surface area (Å²) in [5, 5.41) is 18.9. The van der Waals surface area contributed by atoms with Gasteiger partial charge in [0, 0.05) is 12.7 Å². The molecule has 5 nitrogen and oxygen atoms in total. The molecule has 0 radical (unpaired) electrons. The van der Waals surface area contributed by atoms with Gasteiger partial charge in [0.05, 0.1) is 17.6 Å². The van der Waals surface area contributed by atoms with Gasteiger partial charge in [-0.25, -0.2) is 4.39 Å². The highest BCUT2D eigenvalue weighted by atomic mass is 19.1. The molecule has 0 amide bonds. The molecule has 17 heavy (non-hydrogen) atoms. The number of ether oxygens (including phenoxy) is 1. The van der Waals surface area contributed by atoms with Crippen LogP contribution < -0.4 is 4.74 Å². The van der Waals surface area contributed by atoms with Crippen LogP contribution in [0.3, 0.4) is 0 Å². The molecule has 0 heterocycles. The van der Waals surface area contributed by atoms with E-state index in [1.54, 1.807) is 0 Å². The number of non-ortho nitro benzene ring substituents is 1. The van der Waals surface area contributed by atoms with Gasteiger partial charge in [-0.2, -0.15) is 0 Å². The van der Waals surface area contributed by atoms with E-state index in [1.165, 1.54) is 12.1 Å². The first-order valence-corrected chi connectivity index (χ1v) is 5.32. The van der Waals surface area contributed by atoms with Gasteiger partial charge in [0.2, 0.25) is 0 Å². The minimum absolute atomic E-state index is 0.0135. The predicted molar refractivity (Wildman–Crippen MR) is 59.5 cm³/mol. The maximum absolute atomic E-state index is 13.3. The van der Waals surface area contributed by atoms with Crippen LogP contribution in [0.15, 0.2) is 18.2 Å². The van der Waals surface area contributed by atoms with Crippen molar-refractivity contribution in [2.75, 3.05) is 13.2 Å². The van der Waals surface area contributed by atoms with Crippen LogP contribution in [0.25, 0.3) is 0 Å². The summed E-state index contributed by atoms with van der Waals surface area (Å²) in [6, 6.07) is 3.29. The van der Waals surface area contributed by atoms with Crippen LogP contribution in [0.1, 0.15) is 19.3 Å². The number of hydrogen-bond acceptors (Lipinski definition) is 4. The quantitative estimate of drug-likeness (QED) is 0.453. The summed E-state index contributed by atoms with van der Waals surface area (Å²) in [5.74, 6) is -0.721. The smallest absolute Gasteiger partial charge is 0.272 e. The van der Waals surface area contributed by atoms with E-state index < -0.39 is 10.7 Å². The van der Waals surface area contributed by atoms with E-state index >= 15 is 0 Å². The van der Waals surface area contributed by atoms with Gasteiger partial charge in [0.1, 0.15) is 0 Å². The summed E-state index contributed by atoms with van der Waals surface area (Å²) < 4.78 is 18.5. The lowest BCUT2D eigenvalue weighted by molar-refractivity contribution is -0.385. The van der Waals surface area contributed by atoms with Crippen molar-refractivity contribution >= 4 is 5.69 Å². The molecule has 94 valence electrons. The Morgan fingerprint density at radius 1 is 1.35 bits per heavy atom. The molecule has 0 aliphatic heterocycles. The molecule has 0 fully saturated rings. The lowest BCUT2D eigenvalue weighted by atomic mass is 10.2. The van der Waals surface area contributed by atoms with E-state index in [9.17, 15) is 14.5 Å². The molecule has 0 spiro atoms. The third-order valence-electron chi connectivity index (χ3n) is 2.19. The molecule has 0 unspecified atom stereocenters. The summed E-state index contributed by atoms with van der Waals surface area (Å²) in [4.78, 5) is 9.71. The Hall–Kier alpha value is -1.69. The number of nitro benzene ring substituents is 1. The van der Waals surface area contributed by atoms with E-state index in [-0.39, 0.29) is 18.0 Å². The van der Waals surface area contributed by atoms with Crippen molar-refractivity contribution in [1.29, 1.82) is 0 Å². The van der Waals surface area contributed by atoms with E-state index in [1.807, 2.05) is 0 Å². The molecule has 0 saturated carbocycles. The van der Waals surface area contributed by atoms with Gasteiger partial charge in [-0.1, -0.05) is 0 Å². The molecule has 0 bridgehead atoms. The van der Waals surface area contributed by atoms with Crippen molar-refractivity contribution in [2.45, 2.75) is 19.3 Å². The van der Waals surface area contributed by atoms with Crippen molar-refractivity contribution in [3.05, 3.63) is 34.1 Å². The average Bonchev–Trinajstić information content (AvgIpc) is 2.30. The molecule has 0 saturated heterocycles. The predicted octanol–water partition coefficient (Wildman–Crippen LogP) is 2.28. The van der Waals surface area contributed by atoms with Gasteiger partial charge in [0.15, 0.2) is 11.6 Å². The highest BCUT2D eigenvalue weighted by Gasteiger charge is 2.11. The van der Waals surface area contributed by atoms with Crippen LogP contribution in [-0.4, -0.2) is 23.2 Å². The third kappa shape index (κ3) is 4.36. The molecule has 1 aromatic carbocycles. The van der Waals surface area contributed by atoms with Gasteiger partial charge in [-0.15, -0.1) is 0 Å². The van der Waals surface area contributed by atoms with Crippen LogP contribution in [0, 0.1) is 15.9 Å². The zero-order chi connectivity index (χ0) is 12.7. The molecular formula is C11H14FNO4. The highest BCUT2D eigenvalue weighted by Crippen LogP contribution is 2.22. The van der Waals surface area contributed by atoms with E-state index in [0.717, 1.165) is 12.5 Å². The topological polar surface area (TPSA) is 72.6 Å². The van der Waals surface area contributed by atoms with E-state index in [0.29, 0.717) is 19.4 Å². The van der Waals surface area contributed by atoms with Gasteiger partial charge < -0.3 is 9.84 Å². The maximum Gasteiger partial charge on any atom is 0.272 e. The fourth-order valence-corrected chi connectivity index (χ4v) is 1.29. The average molecular weight is 243 g/mol. The first-order valence-electron chi connectivity index (χ1n) is 5.32.